The molecule has 0 aliphatic carbocycles. The van der Waals surface area contributed by atoms with Crippen molar-refractivity contribution >= 4 is 23.6 Å². The lowest BCUT2D eigenvalue weighted by Crippen LogP contribution is -2.42. The van der Waals surface area contributed by atoms with Crippen molar-refractivity contribution in [2.24, 2.45) is 11.7 Å². The summed E-state index contributed by atoms with van der Waals surface area (Å²) in [5.41, 5.74) is 5.66. The third kappa shape index (κ3) is 7.71. The molecule has 1 fully saturated rings. The number of carbonyl (C=O) groups excluding carboxylic acids is 2. The van der Waals surface area contributed by atoms with E-state index in [2.05, 4.69) is 19.2 Å². The lowest BCUT2D eigenvalue weighted by molar-refractivity contribution is -0.129. The number of piperidine rings is 1. The molecule has 0 aromatic carbocycles. The molecule has 0 bridgehead atoms. The zero-order chi connectivity index (χ0) is 15.7. The van der Waals surface area contributed by atoms with Crippen molar-refractivity contribution in [2.75, 3.05) is 31.1 Å². The molecule has 21 heavy (non-hydrogen) atoms. The molecule has 1 rings (SSSR count). The van der Waals surface area contributed by atoms with E-state index in [9.17, 15) is 9.59 Å². The minimum atomic E-state index is -0.0254. The molecule has 0 spiro atoms. The highest BCUT2D eigenvalue weighted by Crippen LogP contribution is 2.11. The lowest BCUT2D eigenvalue weighted by Gasteiger charge is -2.26. The van der Waals surface area contributed by atoms with Gasteiger partial charge in [0.25, 0.3) is 0 Å². The molecule has 3 N–H and O–H groups in total. The first-order chi connectivity index (χ1) is 10.0. The van der Waals surface area contributed by atoms with Gasteiger partial charge >= 0.3 is 0 Å². The summed E-state index contributed by atoms with van der Waals surface area (Å²) >= 11 is 1.39. The zero-order valence-electron chi connectivity index (χ0n) is 13.3. The number of hydrogen-bond acceptors (Lipinski definition) is 4. The lowest BCUT2D eigenvalue weighted by atomic mass is 10.0. The number of nitrogens with zero attached hydrogens (tertiary/aromatic N) is 1. The van der Waals surface area contributed by atoms with Crippen LogP contribution in [0, 0.1) is 5.92 Å². The van der Waals surface area contributed by atoms with E-state index >= 15 is 0 Å². The second-order valence-electron chi connectivity index (χ2n) is 6.06. The highest BCUT2D eigenvalue weighted by molar-refractivity contribution is 8.00. The van der Waals surface area contributed by atoms with Crippen molar-refractivity contribution in [2.45, 2.75) is 45.6 Å². The maximum Gasteiger partial charge on any atom is 0.232 e. The van der Waals surface area contributed by atoms with Gasteiger partial charge < -0.3 is 16.0 Å². The fourth-order valence-electron chi connectivity index (χ4n) is 2.52. The molecule has 1 heterocycles. The number of rotatable bonds is 8. The Morgan fingerprint density at radius 3 is 2.43 bits per heavy atom. The van der Waals surface area contributed by atoms with Crippen LogP contribution in [-0.4, -0.2) is 53.9 Å². The summed E-state index contributed by atoms with van der Waals surface area (Å²) < 4.78 is 0. The van der Waals surface area contributed by atoms with Crippen LogP contribution < -0.4 is 11.1 Å². The summed E-state index contributed by atoms with van der Waals surface area (Å²) in [6, 6.07) is 0.0379. The summed E-state index contributed by atoms with van der Waals surface area (Å²) in [6.45, 7) is 6.42. The van der Waals surface area contributed by atoms with Crippen LogP contribution in [0.1, 0.15) is 39.5 Å². The number of thioether (sulfide) groups is 1. The van der Waals surface area contributed by atoms with Gasteiger partial charge in [-0.25, -0.2) is 0 Å². The predicted molar refractivity (Wildman–Crippen MR) is 88.2 cm³/mol. The molecular weight excluding hydrogens is 286 g/mol. The Morgan fingerprint density at radius 1 is 1.19 bits per heavy atom. The van der Waals surface area contributed by atoms with Crippen molar-refractivity contribution < 1.29 is 9.59 Å². The monoisotopic (exact) mass is 315 g/mol. The van der Waals surface area contributed by atoms with Crippen molar-refractivity contribution in [1.82, 2.24) is 10.2 Å². The molecule has 0 saturated carbocycles. The van der Waals surface area contributed by atoms with E-state index in [1.807, 2.05) is 4.90 Å². The van der Waals surface area contributed by atoms with Crippen molar-refractivity contribution in [1.29, 1.82) is 0 Å². The predicted octanol–water partition coefficient (Wildman–Crippen LogP) is 1.22. The van der Waals surface area contributed by atoms with E-state index in [1.165, 1.54) is 18.2 Å². The normalized spacial score (nSPS) is 16.9. The average molecular weight is 315 g/mol. The topological polar surface area (TPSA) is 75.4 Å². The van der Waals surface area contributed by atoms with Crippen LogP contribution >= 0.6 is 11.8 Å². The molecule has 1 aliphatic heterocycles. The highest BCUT2D eigenvalue weighted by Gasteiger charge is 2.17. The summed E-state index contributed by atoms with van der Waals surface area (Å²) in [6.07, 6.45) is 4.31. The van der Waals surface area contributed by atoms with Crippen LogP contribution in [0.25, 0.3) is 0 Å². The molecule has 6 heteroatoms. The van der Waals surface area contributed by atoms with Crippen molar-refractivity contribution in [3.8, 4) is 0 Å². The van der Waals surface area contributed by atoms with Crippen LogP contribution in [0.2, 0.25) is 0 Å². The van der Waals surface area contributed by atoms with Gasteiger partial charge in [-0.05, 0) is 31.6 Å². The molecule has 122 valence electrons. The van der Waals surface area contributed by atoms with Crippen LogP contribution in [0.3, 0.4) is 0 Å². The second-order valence-corrected chi connectivity index (χ2v) is 7.05. The molecule has 5 nitrogen and oxygen atoms in total. The molecule has 1 saturated heterocycles. The Bertz CT molecular complexity index is 331. The quantitative estimate of drug-likeness (QED) is 0.706. The molecule has 2 amide bonds. The van der Waals surface area contributed by atoms with Gasteiger partial charge in [0.15, 0.2) is 0 Å². The Balaban J connectivity index is 2.18. The van der Waals surface area contributed by atoms with Crippen LogP contribution in [0.5, 0.6) is 0 Å². The van der Waals surface area contributed by atoms with Gasteiger partial charge in [-0.2, -0.15) is 0 Å². The van der Waals surface area contributed by atoms with E-state index in [-0.39, 0.29) is 17.9 Å². The highest BCUT2D eigenvalue weighted by atomic mass is 32.2. The maximum atomic E-state index is 12.0. The van der Waals surface area contributed by atoms with Gasteiger partial charge in [0.1, 0.15) is 0 Å². The summed E-state index contributed by atoms with van der Waals surface area (Å²) in [7, 11) is 0. The minimum absolute atomic E-state index is 0.0254. The third-order valence-electron chi connectivity index (χ3n) is 3.57. The van der Waals surface area contributed by atoms with Gasteiger partial charge in [0.2, 0.25) is 11.8 Å². The van der Waals surface area contributed by atoms with Gasteiger partial charge in [-0.3, -0.25) is 9.59 Å². The number of amides is 2. The van der Waals surface area contributed by atoms with Crippen LogP contribution in [0.15, 0.2) is 0 Å². The molecule has 1 atom stereocenters. The number of likely N-dealkylation sites (tertiary alicyclic amines) is 1. The SMILES string of the molecule is CC(C)CC(CN)NC(=O)CSCC(=O)N1CCCCC1. The van der Waals surface area contributed by atoms with E-state index in [0.717, 1.165) is 32.4 Å². The molecule has 0 radical (unpaired) electrons. The maximum absolute atomic E-state index is 12.0. The summed E-state index contributed by atoms with van der Waals surface area (Å²) in [4.78, 5) is 25.7. The van der Waals surface area contributed by atoms with Crippen molar-refractivity contribution in [3.63, 3.8) is 0 Å². The first-order valence-electron chi connectivity index (χ1n) is 7.88. The molecule has 0 aromatic heterocycles. The third-order valence-corrected chi connectivity index (χ3v) is 4.49. The number of hydrogen-bond donors (Lipinski definition) is 2. The van der Waals surface area contributed by atoms with E-state index in [4.69, 9.17) is 5.73 Å². The molecule has 1 unspecified atom stereocenters. The van der Waals surface area contributed by atoms with E-state index < -0.39 is 0 Å². The smallest absolute Gasteiger partial charge is 0.232 e. The number of nitrogens with one attached hydrogen (secondary N) is 1. The Hall–Kier alpha value is -0.750. The fourth-order valence-corrected chi connectivity index (χ4v) is 3.25. The van der Waals surface area contributed by atoms with Crippen LogP contribution in [0.4, 0.5) is 0 Å². The summed E-state index contributed by atoms with van der Waals surface area (Å²) in [5, 5.41) is 2.94. The van der Waals surface area contributed by atoms with Gasteiger partial charge in [-0.15, -0.1) is 11.8 Å². The Labute approximate surface area is 132 Å². The fraction of sp³-hybridized carbons (Fsp3) is 0.867. The van der Waals surface area contributed by atoms with Gasteiger partial charge in [0.05, 0.1) is 11.5 Å². The van der Waals surface area contributed by atoms with Crippen molar-refractivity contribution in [3.05, 3.63) is 0 Å². The zero-order valence-corrected chi connectivity index (χ0v) is 14.1. The minimum Gasteiger partial charge on any atom is -0.351 e. The molecular formula is C15H29N3O2S. The van der Waals surface area contributed by atoms with Gasteiger partial charge in [0, 0.05) is 25.7 Å². The second kappa shape index (κ2) is 10.1. The average Bonchev–Trinajstić information content (AvgIpc) is 2.46. The molecule has 0 aromatic rings. The first kappa shape index (κ1) is 18.3. The Morgan fingerprint density at radius 2 is 1.86 bits per heavy atom. The largest absolute Gasteiger partial charge is 0.351 e. The summed E-state index contributed by atoms with van der Waals surface area (Å²) in [5.74, 6) is 1.36. The first-order valence-corrected chi connectivity index (χ1v) is 9.03. The van der Waals surface area contributed by atoms with E-state index in [0.29, 0.717) is 24.0 Å². The van der Waals surface area contributed by atoms with Gasteiger partial charge in [-0.1, -0.05) is 13.8 Å². The molecule has 1 aliphatic rings. The standard InChI is InChI=1S/C15H29N3O2S/c1-12(2)8-13(9-16)17-14(19)10-21-11-15(20)18-6-4-3-5-7-18/h12-13H,3-11,16H2,1-2H3,(H,17,19). The van der Waals surface area contributed by atoms with E-state index in [1.54, 1.807) is 0 Å². The number of nitrogens with two attached hydrogens (primary N) is 1. The Kier molecular flexibility index (Phi) is 8.76. The number of carbonyl (C=O) groups is 2. The van der Waals surface area contributed by atoms with Crippen LogP contribution in [-0.2, 0) is 9.59 Å².